The molecule has 8 heteroatoms. The first-order chi connectivity index (χ1) is 16.9. The molecule has 1 aliphatic carbocycles. The first kappa shape index (κ1) is 22.0. The highest BCUT2D eigenvalue weighted by molar-refractivity contribution is 5.82. The number of benzene rings is 1. The van der Waals surface area contributed by atoms with Gasteiger partial charge in [-0.3, -0.25) is 4.79 Å². The molecule has 0 amide bonds. The van der Waals surface area contributed by atoms with Crippen molar-refractivity contribution in [2.45, 2.75) is 51.1 Å². The zero-order valence-corrected chi connectivity index (χ0v) is 20.1. The van der Waals surface area contributed by atoms with E-state index in [4.69, 9.17) is 4.98 Å². The average Bonchev–Trinajstić information content (AvgIpc) is 3.68. The first-order valence-corrected chi connectivity index (χ1v) is 12.3. The maximum Gasteiger partial charge on any atom is 0.276 e. The molecule has 0 saturated heterocycles. The van der Waals surface area contributed by atoms with Crippen molar-refractivity contribution in [3.63, 3.8) is 0 Å². The molecule has 0 radical (unpaired) electrons. The van der Waals surface area contributed by atoms with Crippen molar-refractivity contribution in [1.82, 2.24) is 24.6 Å². The number of pyridine rings is 2. The number of hydrogen-bond acceptors (Lipinski definition) is 6. The van der Waals surface area contributed by atoms with E-state index in [9.17, 15) is 9.90 Å². The molecule has 3 N–H and O–H groups in total. The number of nitrogens with one attached hydrogen (secondary N) is 2. The summed E-state index contributed by atoms with van der Waals surface area (Å²) in [7, 11) is 0. The number of hydrogen-bond donors (Lipinski definition) is 3. The van der Waals surface area contributed by atoms with E-state index in [2.05, 4.69) is 33.8 Å². The van der Waals surface area contributed by atoms with E-state index < -0.39 is 5.41 Å². The fourth-order valence-electron chi connectivity index (χ4n) is 4.77. The average molecular weight is 471 g/mol. The van der Waals surface area contributed by atoms with E-state index in [1.165, 1.54) is 11.1 Å². The van der Waals surface area contributed by atoms with Gasteiger partial charge in [0.25, 0.3) is 5.56 Å². The molecular formula is C27H30N6O2. The quantitative estimate of drug-likeness (QED) is 0.399. The van der Waals surface area contributed by atoms with Crippen LogP contribution in [0, 0.1) is 0 Å². The van der Waals surface area contributed by atoms with Gasteiger partial charge >= 0.3 is 0 Å². The molecule has 8 nitrogen and oxygen atoms in total. The number of fused-ring (bicyclic) bond motifs is 2. The van der Waals surface area contributed by atoms with Crippen LogP contribution in [0.5, 0.6) is 0 Å². The summed E-state index contributed by atoms with van der Waals surface area (Å²) in [6.45, 7) is 5.80. The van der Waals surface area contributed by atoms with Gasteiger partial charge in [-0.15, -0.1) is 0 Å². The fraction of sp³-hybridized carbons (Fsp3) is 0.370. The minimum Gasteiger partial charge on any atom is -0.395 e. The van der Waals surface area contributed by atoms with Crippen molar-refractivity contribution in [3.05, 3.63) is 75.8 Å². The fourth-order valence-corrected chi connectivity index (χ4v) is 4.77. The van der Waals surface area contributed by atoms with E-state index >= 15 is 0 Å². The van der Waals surface area contributed by atoms with Crippen molar-refractivity contribution in [2.24, 2.45) is 0 Å². The van der Waals surface area contributed by atoms with Crippen LogP contribution in [0.15, 0.2) is 53.5 Å². The molecule has 1 aromatic carbocycles. The van der Waals surface area contributed by atoms with E-state index in [0.717, 1.165) is 49.2 Å². The van der Waals surface area contributed by atoms with Gasteiger partial charge in [-0.1, -0.05) is 26.0 Å². The zero-order chi connectivity index (χ0) is 24.2. The Balaban J connectivity index is 1.46. The highest BCUT2D eigenvalue weighted by atomic mass is 16.3. The molecule has 3 aromatic heterocycles. The van der Waals surface area contributed by atoms with E-state index in [0.29, 0.717) is 17.0 Å². The van der Waals surface area contributed by atoms with Crippen LogP contribution in [-0.4, -0.2) is 37.6 Å². The van der Waals surface area contributed by atoms with Crippen LogP contribution in [0.3, 0.4) is 0 Å². The maximum absolute atomic E-state index is 13.4. The van der Waals surface area contributed by atoms with Crippen molar-refractivity contribution in [3.8, 4) is 5.82 Å². The zero-order valence-electron chi connectivity index (χ0n) is 20.1. The van der Waals surface area contributed by atoms with Gasteiger partial charge in [0, 0.05) is 29.9 Å². The van der Waals surface area contributed by atoms with Crippen LogP contribution in [-0.2, 0) is 18.4 Å². The smallest absolute Gasteiger partial charge is 0.276 e. The molecule has 4 heterocycles. The van der Waals surface area contributed by atoms with Crippen LogP contribution in [0.1, 0.15) is 49.6 Å². The lowest BCUT2D eigenvalue weighted by Gasteiger charge is -2.22. The Kier molecular flexibility index (Phi) is 5.23. The van der Waals surface area contributed by atoms with E-state index in [1.54, 1.807) is 6.20 Å². The van der Waals surface area contributed by atoms with Gasteiger partial charge in [0.05, 0.1) is 29.2 Å². The lowest BCUT2D eigenvalue weighted by molar-refractivity contribution is 0.215. The van der Waals surface area contributed by atoms with Gasteiger partial charge in [-0.25, -0.2) is 19.3 Å². The SMILES string of the molecule is CC(C)(CO)c1cccc(-n2c3cc(Nc4ccc5c(c4)CCNC5)ncc3c(=O)n2C2CC2)n1. The standard InChI is InChI=1S/C27H30N6O2/c1-27(2,16-34)23-4-3-5-25(31-23)33-22-13-24(29-15-21(22)26(35)32(33)20-8-9-20)30-19-7-6-18-14-28-11-10-17(18)12-19/h3-7,12-13,15,20,28,34H,8-11,14,16H2,1-2H3,(H,29,30). The molecule has 0 unspecified atom stereocenters. The Hall–Kier alpha value is -3.49. The Morgan fingerprint density at radius 3 is 2.83 bits per heavy atom. The Morgan fingerprint density at radius 2 is 2.03 bits per heavy atom. The summed E-state index contributed by atoms with van der Waals surface area (Å²) in [5.74, 6) is 1.35. The van der Waals surface area contributed by atoms with Crippen LogP contribution in [0.4, 0.5) is 11.5 Å². The highest BCUT2D eigenvalue weighted by Crippen LogP contribution is 2.36. The van der Waals surface area contributed by atoms with E-state index in [1.807, 2.05) is 47.5 Å². The molecule has 180 valence electrons. The molecule has 0 atom stereocenters. The lowest BCUT2D eigenvalue weighted by Crippen LogP contribution is -2.25. The van der Waals surface area contributed by atoms with Crippen molar-refractivity contribution >= 4 is 22.4 Å². The highest BCUT2D eigenvalue weighted by Gasteiger charge is 2.31. The second-order valence-electron chi connectivity index (χ2n) is 10.2. The van der Waals surface area contributed by atoms with Gasteiger partial charge in [0.1, 0.15) is 5.82 Å². The van der Waals surface area contributed by atoms with E-state index in [-0.39, 0.29) is 18.2 Å². The second-order valence-corrected chi connectivity index (χ2v) is 10.2. The molecule has 2 aliphatic rings. The van der Waals surface area contributed by atoms with Gasteiger partial charge in [-0.2, -0.15) is 0 Å². The molecule has 0 bridgehead atoms. The minimum absolute atomic E-state index is 0.0138. The topological polar surface area (TPSA) is 97.0 Å². The third kappa shape index (κ3) is 3.92. The lowest BCUT2D eigenvalue weighted by atomic mass is 9.90. The summed E-state index contributed by atoms with van der Waals surface area (Å²) in [6, 6.07) is 14.3. The molecule has 6 rings (SSSR count). The van der Waals surface area contributed by atoms with Gasteiger partial charge in [0.2, 0.25) is 0 Å². The summed E-state index contributed by atoms with van der Waals surface area (Å²) < 4.78 is 3.75. The van der Waals surface area contributed by atoms with Crippen molar-refractivity contribution < 1.29 is 5.11 Å². The molecule has 0 spiro atoms. The number of aliphatic hydroxyl groups excluding tert-OH is 1. The maximum atomic E-state index is 13.4. The molecular weight excluding hydrogens is 440 g/mol. The number of rotatable bonds is 6. The predicted octanol–water partition coefficient (Wildman–Crippen LogP) is 3.58. The number of nitrogens with zero attached hydrogens (tertiary/aromatic N) is 4. The summed E-state index contributed by atoms with van der Waals surface area (Å²) in [5.41, 5.74) is 4.68. The number of aromatic nitrogens is 4. The van der Waals surface area contributed by atoms with Gasteiger partial charge in [-0.05, 0) is 61.2 Å². The van der Waals surface area contributed by atoms with Crippen molar-refractivity contribution in [2.75, 3.05) is 18.5 Å². The second kappa shape index (κ2) is 8.32. The summed E-state index contributed by atoms with van der Waals surface area (Å²) >= 11 is 0. The van der Waals surface area contributed by atoms with Crippen LogP contribution >= 0.6 is 0 Å². The number of anilines is 2. The predicted molar refractivity (Wildman–Crippen MR) is 137 cm³/mol. The van der Waals surface area contributed by atoms with Crippen LogP contribution < -0.4 is 16.2 Å². The molecule has 4 aromatic rings. The summed E-state index contributed by atoms with van der Waals surface area (Å²) in [5, 5.41) is 17.3. The Labute approximate surface area is 203 Å². The summed E-state index contributed by atoms with van der Waals surface area (Å²) in [6.07, 6.45) is 4.62. The van der Waals surface area contributed by atoms with Gasteiger partial charge < -0.3 is 15.7 Å². The number of aliphatic hydroxyl groups is 1. The first-order valence-electron chi connectivity index (χ1n) is 12.3. The third-order valence-corrected chi connectivity index (χ3v) is 7.06. The summed E-state index contributed by atoms with van der Waals surface area (Å²) in [4.78, 5) is 22.8. The largest absolute Gasteiger partial charge is 0.395 e. The molecule has 35 heavy (non-hydrogen) atoms. The normalized spacial score (nSPS) is 15.9. The Morgan fingerprint density at radius 1 is 1.17 bits per heavy atom. The monoisotopic (exact) mass is 470 g/mol. The van der Waals surface area contributed by atoms with Gasteiger partial charge in [0.15, 0.2) is 5.82 Å². The molecule has 1 saturated carbocycles. The Bertz CT molecular complexity index is 1480. The minimum atomic E-state index is -0.486. The molecule has 1 aliphatic heterocycles. The van der Waals surface area contributed by atoms with Crippen LogP contribution in [0.25, 0.3) is 16.7 Å². The molecule has 1 fully saturated rings. The van der Waals surface area contributed by atoms with Crippen LogP contribution in [0.2, 0.25) is 0 Å². The third-order valence-electron chi connectivity index (χ3n) is 7.06. The van der Waals surface area contributed by atoms with Crippen molar-refractivity contribution in [1.29, 1.82) is 0 Å².